The summed E-state index contributed by atoms with van der Waals surface area (Å²) >= 11 is 0. The molecule has 2 heteroatoms. The summed E-state index contributed by atoms with van der Waals surface area (Å²) in [6.45, 7) is 5.97. The third-order valence-electron chi connectivity index (χ3n) is 2.80. The van der Waals surface area contributed by atoms with Crippen molar-refractivity contribution in [1.82, 2.24) is 0 Å². The number of benzene rings is 1. The summed E-state index contributed by atoms with van der Waals surface area (Å²) in [6.07, 6.45) is 1.27. The van der Waals surface area contributed by atoms with E-state index in [4.69, 9.17) is 4.74 Å². The van der Waals surface area contributed by atoms with Gasteiger partial charge in [0.25, 0.3) is 0 Å². The van der Waals surface area contributed by atoms with Gasteiger partial charge < -0.3 is 9.84 Å². The van der Waals surface area contributed by atoms with E-state index in [9.17, 15) is 5.11 Å². The maximum atomic E-state index is 9.45. The van der Waals surface area contributed by atoms with Crippen molar-refractivity contribution < 1.29 is 9.84 Å². The highest BCUT2D eigenvalue weighted by molar-refractivity contribution is 5.29. The first kappa shape index (κ1) is 13.2. The first-order valence-corrected chi connectivity index (χ1v) is 5.74. The van der Waals surface area contributed by atoms with Crippen LogP contribution in [0.15, 0.2) is 24.3 Å². The van der Waals surface area contributed by atoms with Crippen molar-refractivity contribution in [3.05, 3.63) is 35.4 Å². The summed E-state index contributed by atoms with van der Waals surface area (Å²) in [7, 11) is 1.73. The second kappa shape index (κ2) is 5.46. The van der Waals surface area contributed by atoms with Crippen LogP contribution in [0, 0.1) is 0 Å². The Hall–Kier alpha value is -0.860. The van der Waals surface area contributed by atoms with E-state index in [-0.39, 0.29) is 11.7 Å². The van der Waals surface area contributed by atoms with Crippen LogP contribution in [0.2, 0.25) is 0 Å². The predicted molar refractivity (Wildman–Crippen MR) is 66.6 cm³/mol. The Morgan fingerprint density at radius 3 is 2.31 bits per heavy atom. The van der Waals surface area contributed by atoms with Crippen molar-refractivity contribution in [2.45, 2.75) is 45.3 Å². The van der Waals surface area contributed by atoms with Gasteiger partial charge in [-0.2, -0.15) is 0 Å². The number of aliphatic hydroxyl groups is 1. The summed E-state index contributed by atoms with van der Waals surface area (Å²) in [6, 6.07) is 8.24. The molecule has 0 saturated carbocycles. The van der Waals surface area contributed by atoms with E-state index in [0.717, 1.165) is 6.42 Å². The average Bonchev–Trinajstić information content (AvgIpc) is 2.20. The number of ether oxygens (including phenoxy) is 1. The van der Waals surface area contributed by atoms with Crippen LogP contribution in [0.5, 0.6) is 0 Å². The van der Waals surface area contributed by atoms with E-state index in [0.29, 0.717) is 6.42 Å². The minimum atomic E-state index is -0.299. The zero-order valence-electron chi connectivity index (χ0n) is 10.7. The van der Waals surface area contributed by atoms with Gasteiger partial charge in [-0.05, 0) is 38.3 Å². The third-order valence-corrected chi connectivity index (χ3v) is 2.80. The summed E-state index contributed by atoms with van der Waals surface area (Å²) in [5.41, 5.74) is 2.31. The number of hydrogen-bond donors (Lipinski definition) is 1. The Kier molecular flexibility index (Phi) is 4.51. The summed E-state index contributed by atoms with van der Waals surface area (Å²) in [5, 5.41) is 9.45. The molecular weight excluding hydrogens is 200 g/mol. The highest BCUT2D eigenvalue weighted by Crippen LogP contribution is 2.20. The molecule has 16 heavy (non-hydrogen) atoms. The number of rotatable bonds is 5. The van der Waals surface area contributed by atoms with Crippen LogP contribution < -0.4 is 0 Å². The SMILES string of the molecule is COC(C)(C)Cc1ccccc1CC(C)O. The van der Waals surface area contributed by atoms with E-state index in [1.54, 1.807) is 7.11 Å². The molecule has 0 heterocycles. The molecular formula is C14H22O2. The molecule has 2 nitrogen and oxygen atoms in total. The van der Waals surface area contributed by atoms with Crippen molar-refractivity contribution in [3.63, 3.8) is 0 Å². The predicted octanol–water partition coefficient (Wildman–Crippen LogP) is 2.58. The molecule has 0 aromatic heterocycles. The maximum Gasteiger partial charge on any atom is 0.0663 e. The first-order valence-electron chi connectivity index (χ1n) is 5.74. The lowest BCUT2D eigenvalue weighted by molar-refractivity contribution is 0.0229. The standard InChI is InChI=1S/C14H22O2/c1-11(15)9-12-7-5-6-8-13(12)10-14(2,3)16-4/h5-8,11,15H,9-10H2,1-4H3. The zero-order chi connectivity index (χ0) is 12.2. The van der Waals surface area contributed by atoms with Crippen LogP contribution in [0.1, 0.15) is 31.9 Å². The highest BCUT2D eigenvalue weighted by Gasteiger charge is 2.18. The fraction of sp³-hybridized carbons (Fsp3) is 0.571. The second-order valence-electron chi connectivity index (χ2n) is 4.96. The lowest BCUT2D eigenvalue weighted by Crippen LogP contribution is -2.26. The molecule has 0 amide bonds. The van der Waals surface area contributed by atoms with Gasteiger partial charge in [-0.15, -0.1) is 0 Å². The van der Waals surface area contributed by atoms with Gasteiger partial charge in [0.15, 0.2) is 0 Å². The Bertz CT molecular complexity index is 329. The Labute approximate surface area is 98.3 Å². The van der Waals surface area contributed by atoms with Crippen molar-refractivity contribution in [1.29, 1.82) is 0 Å². The molecule has 90 valence electrons. The van der Waals surface area contributed by atoms with Gasteiger partial charge in [-0.3, -0.25) is 0 Å². The Morgan fingerprint density at radius 2 is 1.81 bits per heavy atom. The molecule has 1 unspecified atom stereocenters. The molecule has 1 atom stereocenters. The molecule has 1 rings (SSSR count). The molecule has 0 radical (unpaired) electrons. The second-order valence-corrected chi connectivity index (χ2v) is 4.96. The molecule has 0 spiro atoms. The van der Waals surface area contributed by atoms with Crippen molar-refractivity contribution >= 4 is 0 Å². The molecule has 0 aliphatic heterocycles. The molecule has 0 aliphatic rings. The normalized spacial score (nSPS) is 13.8. The Morgan fingerprint density at radius 1 is 1.25 bits per heavy atom. The van der Waals surface area contributed by atoms with Crippen molar-refractivity contribution in [2.75, 3.05) is 7.11 Å². The van der Waals surface area contributed by atoms with E-state index in [1.165, 1.54) is 11.1 Å². The molecule has 1 N–H and O–H groups in total. The largest absolute Gasteiger partial charge is 0.393 e. The minimum absolute atomic E-state index is 0.158. The van der Waals surface area contributed by atoms with Gasteiger partial charge in [0, 0.05) is 13.5 Å². The topological polar surface area (TPSA) is 29.5 Å². The van der Waals surface area contributed by atoms with E-state index in [2.05, 4.69) is 26.0 Å². The fourth-order valence-corrected chi connectivity index (χ4v) is 1.78. The van der Waals surface area contributed by atoms with Crippen LogP contribution >= 0.6 is 0 Å². The molecule has 0 aliphatic carbocycles. The maximum absolute atomic E-state index is 9.45. The minimum Gasteiger partial charge on any atom is -0.393 e. The molecule has 1 aromatic carbocycles. The van der Waals surface area contributed by atoms with Crippen LogP contribution in [-0.4, -0.2) is 23.9 Å². The lowest BCUT2D eigenvalue weighted by Gasteiger charge is -2.24. The lowest BCUT2D eigenvalue weighted by atomic mass is 9.92. The van der Waals surface area contributed by atoms with Gasteiger partial charge in [0.1, 0.15) is 0 Å². The summed E-state index contributed by atoms with van der Waals surface area (Å²) < 4.78 is 5.44. The van der Waals surface area contributed by atoms with Gasteiger partial charge in [0.2, 0.25) is 0 Å². The van der Waals surface area contributed by atoms with Crippen LogP contribution in [0.3, 0.4) is 0 Å². The van der Waals surface area contributed by atoms with Crippen LogP contribution in [-0.2, 0) is 17.6 Å². The average molecular weight is 222 g/mol. The van der Waals surface area contributed by atoms with E-state index in [1.807, 2.05) is 19.1 Å². The van der Waals surface area contributed by atoms with Gasteiger partial charge in [-0.1, -0.05) is 24.3 Å². The van der Waals surface area contributed by atoms with Crippen LogP contribution in [0.4, 0.5) is 0 Å². The van der Waals surface area contributed by atoms with Gasteiger partial charge >= 0.3 is 0 Å². The van der Waals surface area contributed by atoms with Crippen LogP contribution in [0.25, 0.3) is 0 Å². The monoisotopic (exact) mass is 222 g/mol. The first-order chi connectivity index (χ1) is 7.44. The zero-order valence-corrected chi connectivity index (χ0v) is 10.7. The fourth-order valence-electron chi connectivity index (χ4n) is 1.78. The van der Waals surface area contributed by atoms with E-state index >= 15 is 0 Å². The highest BCUT2D eigenvalue weighted by atomic mass is 16.5. The van der Waals surface area contributed by atoms with Gasteiger partial charge in [0.05, 0.1) is 11.7 Å². The molecule has 0 bridgehead atoms. The molecule has 0 fully saturated rings. The van der Waals surface area contributed by atoms with Crippen molar-refractivity contribution in [3.8, 4) is 0 Å². The number of hydrogen-bond acceptors (Lipinski definition) is 2. The third kappa shape index (κ3) is 3.95. The van der Waals surface area contributed by atoms with Crippen molar-refractivity contribution in [2.24, 2.45) is 0 Å². The smallest absolute Gasteiger partial charge is 0.0663 e. The Balaban J connectivity index is 2.86. The molecule has 0 saturated heterocycles. The van der Waals surface area contributed by atoms with E-state index < -0.39 is 0 Å². The number of aliphatic hydroxyl groups excluding tert-OH is 1. The number of methoxy groups -OCH3 is 1. The summed E-state index contributed by atoms with van der Waals surface area (Å²) in [5.74, 6) is 0. The summed E-state index contributed by atoms with van der Waals surface area (Å²) in [4.78, 5) is 0. The van der Waals surface area contributed by atoms with Gasteiger partial charge in [-0.25, -0.2) is 0 Å². The quantitative estimate of drug-likeness (QED) is 0.829. The molecule has 1 aromatic rings.